The summed E-state index contributed by atoms with van der Waals surface area (Å²) < 4.78 is 5.27. The molecule has 6 nitrogen and oxygen atoms in total. The first-order valence-electron chi connectivity index (χ1n) is 10.1. The van der Waals surface area contributed by atoms with Gasteiger partial charge in [-0.2, -0.15) is 5.10 Å². The molecule has 0 radical (unpaired) electrons. The summed E-state index contributed by atoms with van der Waals surface area (Å²) in [6, 6.07) is 12.8. The molecule has 0 atom stereocenters. The number of piperidine rings is 1. The normalized spacial score (nSPS) is 15.4. The first kappa shape index (κ1) is 16.6. The smallest absolute Gasteiger partial charge is 0.138 e. The van der Waals surface area contributed by atoms with Gasteiger partial charge in [0.25, 0.3) is 0 Å². The van der Waals surface area contributed by atoms with E-state index in [0.717, 1.165) is 57.5 Å². The molecule has 1 aromatic carbocycles. The van der Waals surface area contributed by atoms with E-state index in [2.05, 4.69) is 49.7 Å². The number of nitrogens with one attached hydrogen (secondary N) is 3. The summed E-state index contributed by atoms with van der Waals surface area (Å²) in [4.78, 5) is 7.98. The molecule has 0 spiro atoms. The third-order valence-corrected chi connectivity index (χ3v) is 6.02. The quantitative estimate of drug-likeness (QED) is 0.417. The molecule has 3 N–H and O–H groups in total. The highest BCUT2D eigenvalue weighted by Gasteiger charge is 2.18. The second kappa shape index (κ2) is 6.60. The summed E-state index contributed by atoms with van der Waals surface area (Å²) >= 11 is 0. The van der Waals surface area contributed by atoms with Gasteiger partial charge in [0.15, 0.2) is 0 Å². The van der Waals surface area contributed by atoms with Gasteiger partial charge >= 0.3 is 0 Å². The largest absolute Gasteiger partial charge is 0.472 e. The molecule has 1 fully saturated rings. The van der Waals surface area contributed by atoms with Crippen LogP contribution in [-0.4, -0.2) is 33.3 Å². The fourth-order valence-corrected chi connectivity index (χ4v) is 4.47. The van der Waals surface area contributed by atoms with Crippen LogP contribution in [0.2, 0.25) is 0 Å². The van der Waals surface area contributed by atoms with Crippen molar-refractivity contribution in [3.63, 3.8) is 0 Å². The summed E-state index contributed by atoms with van der Waals surface area (Å²) in [5.41, 5.74) is 7.35. The Balaban J connectivity index is 1.48. The molecule has 29 heavy (non-hydrogen) atoms. The van der Waals surface area contributed by atoms with Gasteiger partial charge in [-0.15, -0.1) is 0 Å². The lowest BCUT2D eigenvalue weighted by atomic mass is 9.89. The molecule has 5 heterocycles. The number of rotatable bonds is 3. The number of H-pyrrole nitrogens is 2. The van der Waals surface area contributed by atoms with Crippen LogP contribution in [0.25, 0.3) is 44.5 Å². The topological polar surface area (TPSA) is 82.5 Å². The van der Waals surface area contributed by atoms with Gasteiger partial charge in [-0.05, 0) is 73.3 Å². The maximum absolute atomic E-state index is 5.27. The zero-order valence-corrected chi connectivity index (χ0v) is 15.9. The molecule has 4 aromatic heterocycles. The Hall–Kier alpha value is -3.38. The molecule has 6 rings (SSSR count). The van der Waals surface area contributed by atoms with Crippen molar-refractivity contribution in [3.8, 4) is 22.5 Å². The van der Waals surface area contributed by atoms with Gasteiger partial charge in [0.1, 0.15) is 11.3 Å². The zero-order chi connectivity index (χ0) is 19.2. The van der Waals surface area contributed by atoms with Crippen molar-refractivity contribution in [1.82, 2.24) is 25.5 Å². The molecule has 0 bridgehead atoms. The molecule has 5 aromatic rings. The fourth-order valence-electron chi connectivity index (χ4n) is 4.47. The Bertz CT molecular complexity index is 1290. The highest BCUT2D eigenvalue weighted by atomic mass is 16.3. The third kappa shape index (κ3) is 2.76. The molecular weight excluding hydrogens is 362 g/mol. The van der Waals surface area contributed by atoms with Crippen molar-refractivity contribution < 1.29 is 4.42 Å². The van der Waals surface area contributed by atoms with E-state index >= 15 is 0 Å². The van der Waals surface area contributed by atoms with Gasteiger partial charge in [0.05, 0.1) is 23.7 Å². The van der Waals surface area contributed by atoms with Crippen molar-refractivity contribution in [2.45, 2.75) is 18.8 Å². The Morgan fingerprint density at radius 2 is 1.93 bits per heavy atom. The summed E-state index contributed by atoms with van der Waals surface area (Å²) in [6.07, 6.45) is 7.64. The van der Waals surface area contributed by atoms with Crippen LogP contribution in [0.4, 0.5) is 0 Å². The first-order chi connectivity index (χ1) is 14.4. The minimum Gasteiger partial charge on any atom is -0.472 e. The predicted molar refractivity (Wildman–Crippen MR) is 114 cm³/mol. The highest BCUT2D eigenvalue weighted by Crippen LogP contribution is 2.35. The van der Waals surface area contributed by atoms with Crippen LogP contribution in [0.15, 0.2) is 59.5 Å². The molecule has 0 aliphatic carbocycles. The van der Waals surface area contributed by atoms with E-state index in [-0.39, 0.29) is 0 Å². The van der Waals surface area contributed by atoms with E-state index in [9.17, 15) is 0 Å². The Morgan fingerprint density at radius 3 is 2.79 bits per heavy atom. The average Bonchev–Trinajstić information content (AvgIpc) is 3.52. The molecule has 0 saturated carbocycles. The lowest BCUT2D eigenvalue weighted by Crippen LogP contribution is -2.26. The minimum absolute atomic E-state index is 0.612. The second-order valence-corrected chi connectivity index (χ2v) is 7.72. The fraction of sp³-hybridized carbons (Fsp3) is 0.217. The number of furan rings is 1. The maximum Gasteiger partial charge on any atom is 0.138 e. The van der Waals surface area contributed by atoms with Gasteiger partial charge in [0.2, 0.25) is 0 Å². The highest BCUT2D eigenvalue weighted by molar-refractivity contribution is 5.99. The van der Waals surface area contributed by atoms with Crippen LogP contribution in [0, 0.1) is 0 Å². The number of hydrogen-bond donors (Lipinski definition) is 3. The Kier molecular flexibility index (Phi) is 3.77. The van der Waals surface area contributed by atoms with Crippen LogP contribution in [0.1, 0.15) is 24.3 Å². The number of nitrogens with zero attached hydrogens (tertiary/aromatic N) is 2. The number of hydrogen-bond acceptors (Lipinski definition) is 4. The number of aromatic nitrogens is 4. The molecule has 144 valence electrons. The van der Waals surface area contributed by atoms with Crippen LogP contribution < -0.4 is 5.32 Å². The van der Waals surface area contributed by atoms with Crippen molar-refractivity contribution in [3.05, 3.63) is 60.7 Å². The Morgan fingerprint density at radius 1 is 1.00 bits per heavy atom. The first-order valence-corrected chi connectivity index (χ1v) is 10.1. The van der Waals surface area contributed by atoms with Crippen LogP contribution in [-0.2, 0) is 0 Å². The average molecular weight is 383 g/mol. The molecule has 1 saturated heterocycles. The van der Waals surface area contributed by atoms with Crippen molar-refractivity contribution in [1.29, 1.82) is 0 Å². The summed E-state index contributed by atoms with van der Waals surface area (Å²) in [6.45, 7) is 2.18. The van der Waals surface area contributed by atoms with E-state index < -0.39 is 0 Å². The van der Waals surface area contributed by atoms with E-state index in [0.29, 0.717) is 5.92 Å². The molecular formula is C23H21N5O. The number of benzene rings is 1. The molecule has 1 aliphatic rings. The van der Waals surface area contributed by atoms with Gasteiger partial charge in [-0.25, -0.2) is 4.98 Å². The Labute approximate surface area is 167 Å². The zero-order valence-electron chi connectivity index (χ0n) is 15.9. The number of fused-ring (bicyclic) bond motifs is 2. The van der Waals surface area contributed by atoms with E-state index in [1.165, 1.54) is 18.4 Å². The summed E-state index contributed by atoms with van der Waals surface area (Å²) in [5.74, 6) is 0.612. The third-order valence-electron chi connectivity index (χ3n) is 6.02. The standard InChI is InChI=1S/C23H21N5O/c1-2-20-19(11-15(1)14-3-7-24-8-4-14)22(28-27-20)21-12-18-17(16-6-10-29-13-16)5-9-25-23(18)26-21/h1-2,5-6,9-14,24H,3-4,7-8H2,(H,25,26)(H,27,28). The monoisotopic (exact) mass is 383 g/mol. The van der Waals surface area contributed by atoms with Gasteiger partial charge < -0.3 is 14.7 Å². The lowest BCUT2D eigenvalue weighted by Gasteiger charge is -2.23. The number of pyridine rings is 1. The van der Waals surface area contributed by atoms with Crippen molar-refractivity contribution in [2.75, 3.05) is 13.1 Å². The number of aromatic amines is 2. The molecule has 0 amide bonds. The maximum atomic E-state index is 5.27. The van der Waals surface area contributed by atoms with Gasteiger partial charge in [0, 0.05) is 22.5 Å². The van der Waals surface area contributed by atoms with E-state index in [1.807, 2.05) is 18.3 Å². The van der Waals surface area contributed by atoms with Crippen LogP contribution in [0.5, 0.6) is 0 Å². The predicted octanol–water partition coefficient (Wildman–Crippen LogP) is 4.83. The van der Waals surface area contributed by atoms with E-state index in [1.54, 1.807) is 12.5 Å². The van der Waals surface area contributed by atoms with Crippen LogP contribution >= 0.6 is 0 Å². The van der Waals surface area contributed by atoms with Gasteiger partial charge in [-0.3, -0.25) is 5.10 Å². The van der Waals surface area contributed by atoms with Gasteiger partial charge in [-0.1, -0.05) is 6.07 Å². The molecule has 1 aliphatic heterocycles. The SMILES string of the molecule is c1cc(-c2ccoc2)c2cc(-c3n[nH]c4ccc(C5CCNCC5)cc34)[nH]c2n1. The minimum atomic E-state index is 0.612. The second-order valence-electron chi connectivity index (χ2n) is 7.72. The molecule has 0 unspecified atom stereocenters. The summed E-state index contributed by atoms with van der Waals surface area (Å²) in [7, 11) is 0. The van der Waals surface area contributed by atoms with Crippen molar-refractivity contribution >= 4 is 21.9 Å². The lowest BCUT2D eigenvalue weighted by molar-refractivity contribution is 0.460. The molecule has 6 heteroatoms. The van der Waals surface area contributed by atoms with Crippen molar-refractivity contribution in [2.24, 2.45) is 0 Å². The van der Waals surface area contributed by atoms with E-state index in [4.69, 9.17) is 4.42 Å². The summed E-state index contributed by atoms with van der Waals surface area (Å²) in [5, 5.41) is 13.5. The van der Waals surface area contributed by atoms with Crippen LogP contribution in [0.3, 0.4) is 0 Å².